The SMILES string of the molecule is CNC1CCC(c2ccccc2C2CCC2)C1. The topological polar surface area (TPSA) is 12.0 Å². The van der Waals surface area contributed by atoms with Gasteiger partial charge in [0.05, 0.1) is 0 Å². The number of hydrogen-bond donors (Lipinski definition) is 1. The Morgan fingerprint density at radius 2 is 1.65 bits per heavy atom. The van der Waals surface area contributed by atoms with E-state index in [9.17, 15) is 0 Å². The van der Waals surface area contributed by atoms with Crippen LogP contribution >= 0.6 is 0 Å². The third-order valence-corrected chi connectivity index (χ3v) is 4.82. The normalized spacial score (nSPS) is 29.2. The van der Waals surface area contributed by atoms with Crippen LogP contribution in [0.4, 0.5) is 0 Å². The average Bonchev–Trinajstić information content (AvgIpc) is 2.76. The summed E-state index contributed by atoms with van der Waals surface area (Å²) in [6.07, 6.45) is 8.32. The lowest BCUT2D eigenvalue weighted by Gasteiger charge is -2.29. The lowest BCUT2D eigenvalue weighted by Crippen LogP contribution is -2.21. The smallest absolute Gasteiger partial charge is 0.00701 e. The van der Waals surface area contributed by atoms with Gasteiger partial charge in [-0.2, -0.15) is 0 Å². The Kier molecular flexibility index (Phi) is 3.19. The average molecular weight is 229 g/mol. The van der Waals surface area contributed by atoms with Crippen LogP contribution in [0.2, 0.25) is 0 Å². The predicted molar refractivity (Wildman–Crippen MR) is 72.5 cm³/mol. The highest BCUT2D eigenvalue weighted by atomic mass is 14.9. The summed E-state index contributed by atoms with van der Waals surface area (Å²) in [6.45, 7) is 0. The summed E-state index contributed by atoms with van der Waals surface area (Å²) >= 11 is 0. The van der Waals surface area contributed by atoms with Gasteiger partial charge in [-0.25, -0.2) is 0 Å². The fourth-order valence-corrected chi connectivity index (χ4v) is 3.50. The Bertz CT molecular complexity index is 381. The standard InChI is InChI=1S/C16H23N/c1-17-14-10-9-13(11-14)16-8-3-2-7-15(16)12-5-4-6-12/h2-3,7-8,12-14,17H,4-6,9-11H2,1H3. The molecule has 0 amide bonds. The first-order valence-corrected chi connectivity index (χ1v) is 7.14. The van der Waals surface area contributed by atoms with Crippen LogP contribution < -0.4 is 5.32 Å². The van der Waals surface area contributed by atoms with Crippen LogP contribution in [0, 0.1) is 0 Å². The Hall–Kier alpha value is -0.820. The van der Waals surface area contributed by atoms with Crippen LogP contribution in [-0.4, -0.2) is 13.1 Å². The van der Waals surface area contributed by atoms with E-state index < -0.39 is 0 Å². The number of rotatable bonds is 3. The summed E-state index contributed by atoms with van der Waals surface area (Å²) in [5, 5.41) is 3.44. The van der Waals surface area contributed by atoms with Crippen molar-refractivity contribution in [3.63, 3.8) is 0 Å². The number of nitrogens with one attached hydrogen (secondary N) is 1. The van der Waals surface area contributed by atoms with Gasteiger partial charge in [0, 0.05) is 6.04 Å². The van der Waals surface area contributed by atoms with Crippen LogP contribution in [0.1, 0.15) is 61.5 Å². The van der Waals surface area contributed by atoms with Crippen molar-refractivity contribution in [1.82, 2.24) is 5.32 Å². The van der Waals surface area contributed by atoms with E-state index in [0.29, 0.717) is 0 Å². The molecule has 17 heavy (non-hydrogen) atoms. The van der Waals surface area contributed by atoms with E-state index in [2.05, 4.69) is 36.6 Å². The lowest BCUT2D eigenvalue weighted by molar-refractivity contribution is 0.414. The van der Waals surface area contributed by atoms with Crippen LogP contribution in [0.15, 0.2) is 24.3 Å². The van der Waals surface area contributed by atoms with E-state index in [1.54, 1.807) is 11.1 Å². The molecule has 1 aromatic rings. The molecule has 2 aliphatic carbocycles. The molecule has 0 aliphatic heterocycles. The zero-order valence-corrected chi connectivity index (χ0v) is 10.8. The number of benzene rings is 1. The molecule has 0 aromatic heterocycles. The second-order valence-corrected chi connectivity index (χ2v) is 5.75. The molecule has 2 aliphatic rings. The molecule has 92 valence electrons. The van der Waals surface area contributed by atoms with Gasteiger partial charge in [-0.1, -0.05) is 30.7 Å². The molecule has 2 atom stereocenters. The molecule has 1 nitrogen and oxygen atoms in total. The minimum absolute atomic E-state index is 0.745. The Morgan fingerprint density at radius 3 is 2.18 bits per heavy atom. The highest BCUT2D eigenvalue weighted by Crippen LogP contribution is 2.43. The van der Waals surface area contributed by atoms with Gasteiger partial charge in [0.2, 0.25) is 0 Å². The highest BCUT2D eigenvalue weighted by Gasteiger charge is 2.29. The molecular formula is C16H23N. The largest absolute Gasteiger partial charge is 0.317 e. The molecule has 1 aromatic carbocycles. The first kappa shape index (κ1) is 11.3. The minimum atomic E-state index is 0.745. The van der Waals surface area contributed by atoms with Crippen molar-refractivity contribution in [2.24, 2.45) is 0 Å². The van der Waals surface area contributed by atoms with Crippen LogP contribution in [0.3, 0.4) is 0 Å². The molecule has 0 saturated heterocycles. The predicted octanol–water partition coefficient (Wildman–Crippen LogP) is 3.81. The van der Waals surface area contributed by atoms with Gasteiger partial charge in [-0.3, -0.25) is 0 Å². The fourth-order valence-electron chi connectivity index (χ4n) is 3.50. The summed E-state index contributed by atoms with van der Waals surface area (Å²) in [5.41, 5.74) is 3.33. The van der Waals surface area contributed by atoms with Gasteiger partial charge in [-0.05, 0) is 62.1 Å². The quantitative estimate of drug-likeness (QED) is 0.831. The van der Waals surface area contributed by atoms with Crippen molar-refractivity contribution in [3.8, 4) is 0 Å². The maximum atomic E-state index is 3.44. The van der Waals surface area contributed by atoms with Crippen molar-refractivity contribution in [3.05, 3.63) is 35.4 Å². The van der Waals surface area contributed by atoms with E-state index >= 15 is 0 Å². The summed E-state index contributed by atoms with van der Waals surface area (Å²) in [5.74, 6) is 1.68. The Balaban J connectivity index is 1.82. The van der Waals surface area contributed by atoms with Crippen molar-refractivity contribution >= 4 is 0 Å². The number of hydrogen-bond acceptors (Lipinski definition) is 1. The molecule has 0 heterocycles. The molecular weight excluding hydrogens is 206 g/mol. The van der Waals surface area contributed by atoms with Gasteiger partial charge in [0.15, 0.2) is 0 Å². The molecule has 0 radical (unpaired) electrons. The van der Waals surface area contributed by atoms with Gasteiger partial charge in [-0.15, -0.1) is 0 Å². The zero-order valence-electron chi connectivity index (χ0n) is 10.8. The van der Waals surface area contributed by atoms with Crippen molar-refractivity contribution in [2.75, 3.05) is 7.05 Å². The highest BCUT2D eigenvalue weighted by molar-refractivity contribution is 5.35. The van der Waals surface area contributed by atoms with Crippen LogP contribution in [0.25, 0.3) is 0 Å². The molecule has 1 heteroatoms. The molecule has 2 saturated carbocycles. The summed E-state index contributed by atoms with van der Waals surface area (Å²) in [7, 11) is 2.10. The lowest BCUT2D eigenvalue weighted by atomic mass is 9.76. The third-order valence-electron chi connectivity index (χ3n) is 4.82. The first-order valence-electron chi connectivity index (χ1n) is 7.14. The van der Waals surface area contributed by atoms with E-state index in [1.807, 2.05) is 0 Å². The molecule has 3 rings (SSSR count). The van der Waals surface area contributed by atoms with Gasteiger partial charge < -0.3 is 5.32 Å². The Morgan fingerprint density at radius 1 is 0.941 bits per heavy atom. The first-order chi connectivity index (χ1) is 8.38. The second-order valence-electron chi connectivity index (χ2n) is 5.75. The maximum absolute atomic E-state index is 3.44. The van der Waals surface area contributed by atoms with Crippen LogP contribution in [0.5, 0.6) is 0 Å². The van der Waals surface area contributed by atoms with E-state index in [1.165, 1.54) is 38.5 Å². The van der Waals surface area contributed by atoms with E-state index in [0.717, 1.165) is 17.9 Å². The molecule has 2 unspecified atom stereocenters. The maximum Gasteiger partial charge on any atom is 0.00701 e. The van der Waals surface area contributed by atoms with Gasteiger partial charge in [0.25, 0.3) is 0 Å². The van der Waals surface area contributed by atoms with Gasteiger partial charge >= 0.3 is 0 Å². The Labute approximate surface area is 105 Å². The van der Waals surface area contributed by atoms with Crippen molar-refractivity contribution in [1.29, 1.82) is 0 Å². The third kappa shape index (κ3) is 2.13. The zero-order chi connectivity index (χ0) is 11.7. The van der Waals surface area contributed by atoms with Crippen molar-refractivity contribution < 1.29 is 0 Å². The van der Waals surface area contributed by atoms with Crippen molar-refractivity contribution in [2.45, 2.75) is 56.4 Å². The van der Waals surface area contributed by atoms with Gasteiger partial charge in [0.1, 0.15) is 0 Å². The van der Waals surface area contributed by atoms with E-state index in [-0.39, 0.29) is 0 Å². The molecule has 0 spiro atoms. The molecule has 0 bridgehead atoms. The molecule has 2 fully saturated rings. The minimum Gasteiger partial charge on any atom is -0.317 e. The molecule has 1 N–H and O–H groups in total. The monoisotopic (exact) mass is 229 g/mol. The summed E-state index contributed by atoms with van der Waals surface area (Å²) < 4.78 is 0. The van der Waals surface area contributed by atoms with E-state index in [4.69, 9.17) is 0 Å². The fraction of sp³-hybridized carbons (Fsp3) is 0.625. The second kappa shape index (κ2) is 4.81. The summed E-state index contributed by atoms with van der Waals surface area (Å²) in [6, 6.07) is 9.96. The summed E-state index contributed by atoms with van der Waals surface area (Å²) in [4.78, 5) is 0. The van der Waals surface area contributed by atoms with Crippen LogP contribution in [-0.2, 0) is 0 Å².